The van der Waals surface area contributed by atoms with E-state index in [-0.39, 0.29) is 0 Å². The second-order valence-corrected chi connectivity index (χ2v) is 6.43. The quantitative estimate of drug-likeness (QED) is 0.659. The van der Waals surface area contributed by atoms with Gasteiger partial charge in [0.1, 0.15) is 17.0 Å². The highest BCUT2D eigenvalue weighted by Gasteiger charge is 2.11. The van der Waals surface area contributed by atoms with E-state index in [0.717, 1.165) is 10.6 Å². The minimum absolute atomic E-state index is 0.498. The average molecular weight is 343 g/mol. The van der Waals surface area contributed by atoms with Gasteiger partial charge >= 0.3 is 0 Å². The first-order chi connectivity index (χ1) is 11.1. The Balaban J connectivity index is 1.86. The van der Waals surface area contributed by atoms with Crippen LogP contribution in [-0.4, -0.2) is 9.97 Å². The summed E-state index contributed by atoms with van der Waals surface area (Å²) in [6, 6.07) is 15.7. The maximum atomic E-state index is 6.21. The van der Waals surface area contributed by atoms with Crippen LogP contribution in [0.5, 0.6) is 0 Å². The van der Waals surface area contributed by atoms with Crippen LogP contribution in [0.1, 0.15) is 5.56 Å². The molecule has 3 aromatic rings. The number of para-hydroxylation sites is 1. The number of nitrogens with zero attached hydrogens (tertiary/aromatic N) is 2. The number of rotatable bonds is 4. The zero-order valence-electron chi connectivity index (χ0n) is 12.5. The SMILES string of the molecule is Cc1ccc(Sc2ncnc(Nc3ccccc3Cl)c2N)cc1. The van der Waals surface area contributed by atoms with Crippen molar-refractivity contribution >= 4 is 40.6 Å². The zero-order chi connectivity index (χ0) is 16.2. The molecule has 1 heterocycles. The fourth-order valence-electron chi connectivity index (χ4n) is 1.97. The van der Waals surface area contributed by atoms with Gasteiger partial charge in [-0.15, -0.1) is 0 Å². The highest BCUT2D eigenvalue weighted by Crippen LogP contribution is 2.35. The molecule has 0 aliphatic heterocycles. The van der Waals surface area contributed by atoms with Crippen molar-refractivity contribution in [1.29, 1.82) is 0 Å². The van der Waals surface area contributed by atoms with Crippen LogP contribution >= 0.6 is 23.4 Å². The van der Waals surface area contributed by atoms with Crippen molar-refractivity contribution in [3.05, 3.63) is 65.4 Å². The first-order valence-electron chi connectivity index (χ1n) is 7.00. The van der Waals surface area contributed by atoms with Crippen LogP contribution in [-0.2, 0) is 0 Å². The van der Waals surface area contributed by atoms with Gasteiger partial charge in [0.15, 0.2) is 5.82 Å². The molecule has 0 atom stereocenters. The largest absolute Gasteiger partial charge is 0.394 e. The van der Waals surface area contributed by atoms with E-state index in [0.29, 0.717) is 21.6 Å². The molecule has 4 nitrogen and oxygen atoms in total. The molecule has 23 heavy (non-hydrogen) atoms. The van der Waals surface area contributed by atoms with Gasteiger partial charge in [0.25, 0.3) is 0 Å². The number of halogens is 1. The zero-order valence-corrected chi connectivity index (χ0v) is 14.0. The van der Waals surface area contributed by atoms with Crippen molar-refractivity contribution in [3.63, 3.8) is 0 Å². The molecule has 1 aromatic heterocycles. The van der Waals surface area contributed by atoms with Crippen molar-refractivity contribution in [3.8, 4) is 0 Å². The molecule has 0 saturated heterocycles. The lowest BCUT2D eigenvalue weighted by atomic mass is 10.2. The molecule has 3 rings (SSSR count). The Morgan fingerprint density at radius 1 is 1.04 bits per heavy atom. The van der Waals surface area contributed by atoms with Gasteiger partial charge in [-0.1, -0.05) is 53.2 Å². The number of hydrogen-bond acceptors (Lipinski definition) is 5. The van der Waals surface area contributed by atoms with Crippen LogP contribution in [0.3, 0.4) is 0 Å². The number of nitrogens with two attached hydrogens (primary N) is 1. The number of nitrogens with one attached hydrogen (secondary N) is 1. The minimum Gasteiger partial charge on any atom is -0.394 e. The molecule has 6 heteroatoms. The van der Waals surface area contributed by atoms with Gasteiger partial charge in [0, 0.05) is 4.90 Å². The summed E-state index contributed by atoms with van der Waals surface area (Å²) in [5.41, 5.74) is 8.68. The van der Waals surface area contributed by atoms with Gasteiger partial charge in [-0.25, -0.2) is 9.97 Å². The van der Waals surface area contributed by atoms with Gasteiger partial charge in [-0.05, 0) is 31.2 Å². The van der Waals surface area contributed by atoms with Crippen LogP contribution < -0.4 is 11.1 Å². The third-order valence-corrected chi connectivity index (χ3v) is 4.57. The van der Waals surface area contributed by atoms with E-state index in [9.17, 15) is 0 Å². The lowest BCUT2D eigenvalue weighted by molar-refractivity contribution is 1.06. The smallest absolute Gasteiger partial charge is 0.158 e. The first-order valence-corrected chi connectivity index (χ1v) is 8.19. The summed E-state index contributed by atoms with van der Waals surface area (Å²) >= 11 is 7.66. The Morgan fingerprint density at radius 2 is 1.78 bits per heavy atom. The Kier molecular flexibility index (Phi) is 4.69. The number of nitrogen functional groups attached to an aromatic ring is 1. The fourth-order valence-corrected chi connectivity index (χ4v) is 2.95. The van der Waals surface area contributed by atoms with Crippen molar-refractivity contribution < 1.29 is 0 Å². The minimum atomic E-state index is 0.498. The summed E-state index contributed by atoms with van der Waals surface area (Å²) in [4.78, 5) is 9.56. The summed E-state index contributed by atoms with van der Waals surface area (Å²) in [7, 11) is 0. The van der Waals surface area contributed by atoms with Crippen molar-refractivity contribution in [2.24, 2.45) is 0 Å². The monoisotopic (exact) mass is 342 g/mol. The van der Waals surface area contributed by atoms with Crippen LogP contribution in [0.15, 0.2) is 64.8 Å². The highest BCUT2D eigenvalue weighted by molar-refractivity contribution is 7.99. The van der Waals surface area contributed by atoms with Crippen molar-refractivity contribution in [2.75, 3.05) is 11.1 Å². The number of benzene rings is 2. The van der Waals surface area contributed by atoms with Crippen molar-refractivity contribution in [1.82, 2.24) is 9.97 Å². The Labute approximate surface area is 144 Å². The standard InChI is InChI=1S/C17H15ClN4S/c1-11-6-8-12(9-7-11)23-17-15(19)16(20-10-21-17)22-14-5-3-2-4-13(14)18/h2-10H,19H2,1H3,(H,20,21,22). The van der Waals surface area contributed by atoms with Crippen molar-refractivity contribution in [2.45, 2.75) is 16.8 Å². The summed E-state index contributed by atoms with van der Waals surface area (Å²) in [6.45, 7) is 2.05. The maximum absolute atomic E-state index is 6.21. The molecule has 0 fully saturated rings. The molecule has 0 aliphatic rings. The van der Waals surface area contributed by atoms with E-state index in [1.165, 1.54) is 23.7 Å². The molecule has 0 aliphatic carbocycles. The molecule has 0 radical (unpaired) electrons. The van der Waals surface area contributed by atoms with Crippen LogP contribution in [0, 0.1) is 6.92 Å². The van der Waals surface area contributed by atoms with Gasteiger partial charge in [0.2, 0.25) is 0 Å². The molecule has 2 aromatic carbocycles. The molecular formula is C17H15ClN4S. The number of hydrogen-bond donors (Lipinski definition) is 2. The van der Waals surface area contributed by atoms with Gasteiger partial charge in [-0.2, -0.15) is 0 Å². The van der Waals surface area contributed by atoms with Gasteiger partial charge in [-0.3, -0.25) is 0 Å². The Morgan fingerprint density at radius 3 is 2.52 bits per heavy atom. The number of aromatic nitrogens is 2. The summed E-state index contributed by atoms with van der Waals surface area (Å²) < 4.78 is 0. The molecular weight excluding hydrogens is 328 g/mol. The normalized spacial score (nSPS) is 10.5. The molecule has 0 spiro atoms. The lowest BCUT2D eigenvalue weighted by Crippen LogP contribution is -2.02. The predicted molar refractivity (Wildman–Crippen MR) is 96.5 cm³/mol. The second kappa shape index (κ2) is 6.89. The number of aryl methyl sites for hydroxylation is 1. The molecule has 0 amide bonds. The molecule has 116 valence electrons. The predicted octanol–water partition coefficient (Wildman–Crippen LogP) is 4.92. The van der Waals surface area contributed by atoms with Gasteiger partial charge in [0.05, 0.1) is 10.7 Å². The lowest BCUT2D eigenvalue weighted by Gasteiger charge is -2.11. The summed E-state index contributed by atoms with van der Waals surface area (Å²) in [6.07, 6.45) is 1.49. The third kappa shape index (κ3) is 3.75. The third-order valence-electron chi connectivity index (χ3n) is 3.21. The topological polar surface area (TPSA) is 63.8 Å². The summed E-state index contributed by atoms with van der Waals surface area (Å²) in [5.74, 6) is 0.544. The van der Waals surface area contributed by atoms with E-state index in [2.05, 4.69) is 34.3 Å². The van der Waals surface area contributed by atoms with E-state index in [4.69, 9.17) is 17.3 Å². The van der Waals surface area contributed by atoms with E-state index in [1.54, 1.807) is 0 Å². The first kappa shape index (κ1) is 15.6. The second-order valence-electron chi connectivity index (χ2n) is 4.96. The van der Waals surface area contributed by atoms with Gasteiger partial charge < -0.3 is 11.1 Å². The highest BCUT2D eigenvalue weighted by atomic mass is 35.5. The summed E-state index contributed by atoms with van der Waals surface area (Å²) in [5, 5.41) is 4.47. The number of anilines is 3. The molecule has 0 bridgehead atoms. The fraction of sp³-hybridized carbons (Fsp3) is 0.0588. The molecule has 0 unspecified atom stereocenters. The van der Waals surface area contributed by atoms with Crippen LogP contribution in [0.25, 0.3) is 0 Å². The van der Waals surface area contributed by atoms with E-state index >= 15 is 0 Å². The van der Waals surface area contributed by atoms with Crippen LogP contribution in [0.2, 0.25) is 5.02 Å². The molecule has 3 N–H and O–H groups in total. The average Bonchev–Trinajstić information content (AvgIpc) is 2.55. The Hall–Kier alpha value is -2.24. The maximum Gasteiger partial charge on any atom is 0.158 e. The van der Waals surface area contributed by atoms with Crippen LogP contribution in [0.4, 0.5) is 17.2 Å². The van der Waals surface area contributed by atoms with E-state index < -0.39 is 0 Å². The molecule has 0 saturated carbocycles. The Bertz CT molecular complexity index is 821. The van der Waals surface area contributed by atoms with E-state index in [1.807, 2.05) is 36.4 Å².